The minimum atomic E-state index is -1.78. The first kappa shape index (κ1) is 23.5. The number of allylic oxidation sites excluding steroid dienone is 8. The summed E-state index contributed by atoms with van der Waals surface area (Å²) in [6.45, 7) is 2.68. The van der Waals surface area contributed by atoms with Crippen LogP contribution in [0.1, 0.15) is 51.4 Å². The third-order valence-corrected chi connectivity index (χ3v) is 27.4. The maximum Gasteiger partial charge on any atom is -0.147 e. The van der Waals surface area contributed by atoms with Gasteiger partial charge in [0.25, 0.3) is 0 Å². The summed E-state index contributed by atoms with van der Waals surface area (Å²) in [4.78, 5) is 0. The van der Waals surface area contributed by atoms with E-state index in [9.17, 15) is 0 Å². The second-order valence-electron chi connectivity index (χ2n) is 8.64. The zero-order valence-corrected chi connectivity index (χ0v) is 22.4. The van der Waals surface area contributed by atoms with Crippen LogP contribution in [0.3, 0.4) is 0 Å². The van der Waals surface area contributed by atoms with Gasteiger partial charge >= 0.3 is 173 Å². The Morgan fingerprint density at radius 1 is 0.724 bits per heavy atom. The largest absolute Gasteiger partial charge is 0.147 e. The SMILES string of the molecule is C[Si](c1ccccc1)=[Zr]([CH]1C=CC2=C1CCCC2)[CH]1C=CC2=C1CCCC2.Cl.Cl. The Morgan fingerprint density at radius 3 is 1.72 bits per heavy atom. The van der Waals surface area contributed by atoms with E-state index in [0.717, 1.165) is 7.25 Å². The Bertz CT molecular complexity index is 858. The molecule has 0 N–H and O–H groups in total. The van der Waals surface area contributed by atoms with Crippen molar-refractivity contribution in [2.75, 3.05) is 0 Å². The van der Waals surface area contributed by atoms with Gasteiger partial charge in [-0.1, -0.05) is 0 Å². The zero-order valence-electron chi connectivity index (χ0n) is 17.3. The molecule has 0 aliphatic heterocycles. The van der Waals surface area contributed by atoms with Gasteiger partial charge in [0.15, 0.2) is 0 Å². The molecule has 29 heavy (non-hydrogen) atoms. The molecule has 0 saturated carbocycles. The molecule has 0 aromatic heterocycles. The van der Waals surface area contributed by atoms with Crippen molar-refractivity contribution >= 4 is 35.4 Å². The quantitative estimate of drug-likeness (QED) is 0.362. The maximum atomic E-state index is 2.69. The van der Waals surface area contributed by atoms with Crippen molar-refractivity contribution in [3.05, 3.63) is 76.9 Å². The van der Waals surface area contributed by atoms with E-state index in [1.807, 2.05) is 11.1 Å². The van der Waals surface area contributed by atoms with Gasteiger partial charge in [-0.15, -0.1) is 24.8 Å². The molecule has 0 fully saturated rings. The van der Waals surface area contributed by atoms with Gasteiger partial charge in [0, 0.05) is 0 Å². The minimum Gasteiger partial charge on any atom is -0.147 e. The number of hydrogen-bond acceptors (Lipinski definition) is 0. The summed E-state index contributed by atoms with van der Waals surface area (Å²) in [6, 6.07) is 11.6. The van der Waals surface area contributed by atoms with E-state index < -0.39 is 25.8 Å². The van der Waals surface area contributed by atoms with Gasteiger partial charge in [-0.3, -0.25) is 0 Å². The molecule has 0 nitrogen and oxygen atoms in total. The summed E-state index contributed by atoms with van der Waals surface area (Å²) in [7, 11) is 0. The molecular weight excluding hydrogens is 490 g/mol. The van der Waals surface area contributed by atoms with Crippen molar-refractivity contribution in [1.82, 2.24) is 0 Å². The number of halogens is 2. The Balaban J connectivity index is 0.00000120. The average molecular weight is 523 g/mol. The van der Waals surface area contributed by atoms with E-state index in [4.69, 9.17) is 0 Å². The van der Waals surface area contributed by atoms with Gasteiger partial charge in [0.05, 0.1) is 0 Å². The first-order valence-electron chi connectivity index (χ1n) is 10.9. The summed E-state index contributed by atoms with van der Waals surface area (Å²) >= 11 is -1.78. The van der Waals surface area contributed by atoms with Crippen LogP contribution in [0.2, 0.25) is 13.8 Å². The van der Waals surface area contributed by atoms with Crippen LogP contribution in [0, 0.1) is 0 Å². The number of rotatable bonds is 3. The second kappa shape index (κ2) is 10.4. The summed E-state index contributed by atoms with van der Waals surface area (Å²) in [5.41, 5.74) is 6.84. The fraction of sp³-hybridized carbons (Fsp3) is 0.440. The molecule has 0 amide bonds. The summed E-state index contributed by atoms with van der Waals surface area (Å²) in [5.74, 6) is 0. The predicted octanol–water partition coefficient (Wildman–Crippen LogP) is 7.43. The standard InChI is InChI=1S/2C9H11.C7H8Si.2ClH.Zr/c2*1-2-5-9-7-3-6-8(9)4-1;1-8-7-5-3-2-4-6-7;;;/h2*3,6-7H,1-2,4-5H2;2-6H,1H3;2*1H;. The fourth-order valence-corrected chi connectivity index (χ4v) is 27.4. The van der Waals surface area contributed by atoms with E-state index in [2.05, 4.69) is 61.2 Å². The Kier molecular flexibility index (Phi) is 8.47. The van der Waals surface area contributed by atoms with Gasteiger partial charge in [0.1, 0.15) is 0 Å². The third-order valence-electron chi connectivity index (χ3n) is 7.15. The molecule has 154 valence electrons. The van der Waals surface area contributed by atoms with Crippen molar-refractivity contribution in [2.24, 2.45) is 0 Å². The van der Waals surface area contributed by atoms with Crippen LogP contribution in [0.25, 0.3) is 0 Å². The normalized spacial score (nSPS) is 24.6. The van der Waals surface area contributed by atoms with Crippen LogP contribution < -0.4 is 5.19 Å². The Labute approximate surface area is 196 Å². The third kappa shape index (κ3) is 4.57. The Hall–Kier alpha value is -0.140. The van der Waals surface area contributed by atoms with E-state index in [1.54, 1.807) is 16.3 Å². The van der Waals surface area contributed by atoms with Gasteiger partial charge in [-0.25, -0.2) is 0 Å². The topological polar surface area (TPSA) is 0 Å². The smallest absolute Gasteiger partial charge is 0.147 e. The van der Waals surface area contributed by atoms with Gasteiger partial charge < -0.3 is 0 Å². The van der Waals surface area contributed by atoms with Crippen molar-refractivity contribution in [3.63, 3.8) is 0 Å². The number of benzene rings is 1. The first-order chi connectivity index (χ1) is 13.3. The van der Waals surface area contributed by atoms with E-state index in [0.29, 0.717) is 0 Å². The number of hydrogen-bond donors (Lipinski definition) is 0. The summed E-state index contributed by atoms with van der Waals surface area (Å²) in [6.07, 6.45) is 21.7. The van der Waals surface area contributed by atoms with Gasteiger partial charge in [-0.05, 0) is 0 Å². The van der Waals surface area contributed by atoms with Crippen LogP contribution in [0.4, 0.5) is 0 Å². The average Bonchev–Trinajstić information content (AvgIpc) is 3.34. The first-order valence-corrected chi connectivity index (χ1v) is 19.4. The molecule has 2 unspecified atom stereocenters. The Morgan fingerprint density at radius 2 is 1.21 bits per heavy atom. The van der Waals surface area contributed by atoms with Crippen molar-refractivity contribution in [2.45, 2.75) is 65.2 Å². The fourth-order valence-electron chi connectivity index (χ4n) is 5.75. The maximum absolute atomic E-state index is 2.69. The van der Waals surface area contributed by atoms with E-state index in [1.165, 1.54) is 51.4 Å². The molecule has 4 aliphatic carbocycles. The van der Waals surface area contributed by atoms with Crippen LogP contribution in [0.5, 0.6) is 0 Å². The molecule has 4 aliphatic rings. The zero-order chi connectivity index (χ0) is 18.2. The van der Waals surface area contributed by atoms with Crippen LogP contribution in [0.15, 0.2) is 76.9 Å². The molecular formula is C25H32Cl2SiZr. The molecule has 2 atom stereocenters. The van der Waals surface area contributed by atoms with Crippen LogP contribution >= 0.6 is 24.8 Å². The molecule has 0 bridgehead atoms. The second-order valence-corrected chi connectivity index (χ2v) is 24.7. The monoisotopic (exact) mass is 520 g/mol. The van der Waals surface area contributed by atoms with E-state index >= 15 is 0 Å². The van der Waals surface area contributed by atoms with Crippen molar-refractivity contribution < 1.29 is 20.4 Å². The van der Waals surface area contributed by atoms with Crippen molar-refractivity contribution in [3.8, 4) is 0 Å². The predicted molar refractivity (Wildman–Crippen MR) is 129 cm³/mol. The molecule has 0 heterocycles. The molecule has 1 aromatic rings. The minimum absolute atomic E-state index is 0. The van der Waals surface area contributed by atoms with Crippen LogP contribution in [-0.2, 0) is 20.4 Å². The molecule has 0 spiro atoms. The molecule has 4 heteroatoms. The van der Waals surface area contributed by atoms with Crippen LogP contribution in [-0.4, -0.2) is 5.43 Å². The molecule has 1 aromatic carbocycles. The summed E-state index contributed by atoms with van der Waals surface area (Å²) in [5, 5.41) is 1.70. The van der Waals surface area contributed by atoms with Gasteiger partial charge in [-0.2, -0.15) is 0 Å². The van der Waals surface area contributed by atoms with Gasteiger partial charge in [0.2, 0.25) is 0 Å². The van der Waals surface area contributed by atoms with Crippen molar-refractivity contribution in [1.29, 1.82) is 0 Å². The van der Waals surface area contributed by atoms with E-state index in [-0.39, 0.29) is 24.8 Å². The molecule has 5 rings (SSSR count). The molecule has 0 saturated heterocycles. The molecule has 0 radical (unpaired) electrons. The summed E-state index contributed by atoms with van der Waals surface area (Å²) < 4.78 is 1.76.